The highest BCUT2D eigenvalue weighted by Gasteiger charge is 2.37. The second kappa shape index (κ2) is 6.00. The number of benzene rings is 1. The molecular weight excluding hydrogens is 282 g/mol. The van der Waals surface area contributed by atoms with Gasteiger partial charge < -0.3 is 5.11 Å². The van der Waals surface area contributed by atoms with Gasteiger partial charge in [0.2, 0.25) is 0 Å². The lowest BCUT2D eigenvalue weighted by atomic mass is 9.95. The van der Waals surface area contributed by atoms with E-state index < -0.39 is 5.97 Å². The number of likely N-dealkylation sites (tertiary alicyclic amines) is 1. The van der Waals surface area contributed by atoms with Crippen molar-refractivity contribution in [3.8, 4) is 0 Å². The maximum absolute atomic E-state index is 11.6. The predicted molar refractivity (Wildman–Crippen MR) is 84.7 cm³/mol. The van der Waals surface area contributed by atoms with Crippen LogP contribution in [0.5, 0.6) is 0 Å². The summed E-state index contributed by atoms with van der Waals surface area (Å²) in [7, 11) is 0. The van der Waals surface area contributed by atoms with Crippen molar-refractivity contribution in [1.29, 1.82) is 0 Å². The third kappa shape index (κ3) is 2.74. The second-order valence-electron chi connectivity index (χ2n) is 5.55. The Hall–Kier alpha value is -1.65. The van der Waals surface area contributed by atoms with Gasteiger partial charge in [0.25, 0.3) is 0 Å². The van der Waals surface area contributed by atoms with Crippen molar-refractivity contribution in [3.63, 3.8) is 0 Å². The largest absolute Gasteiger partial charge is 0.480 e. The molecule has 1 fully saturated rings. The van der Waals surface area contributed by atoms with E-state index in [1.807, 2.05) is 12.1 Å². The SMILES string of the molecule is Cc1ccccc1C(c1ccsc1)N1CCCC1C(=O)O. The fraction of sp³-hybridized carbons (Fsp3) is 0.353. The van der Waals surface area contributed by atoms with Crippen molar-refractivity contribution in [2.24, 2.45) is 0 Å². The Kier molecular flexibility index (Phi) is 4.08. The maximum Gasteiger partial charge on any atom is 0.320 e. The molecule has 0 amide bonds. The average Bonchev–Trinajstić information content (AvgIpc) is 3.13. The molecule has 0 radical (unpaired) electrons. The molecule has 2 unspecified atom stereocenters. The van der Waals surface area contributed by atoms with Gasteiger partial charge in [0, 0.05) is 6.54 Å². The van der Waals surface area contributed by atoms with Gasteiger partial charge in [-0.1, -0.05) is 24.3 Å². The fourth-order valence-corrected chi connectivity index (χ4v) is 3.92. The Morgan fingerprint density at radius 2 is 2.19 bits per heavy atom. The number of aliphatic carboxylic acids is 1. The zero-order chi connectivity index (χ0) is 14.8. The molecule has 0 saturated carbocycles. The van der Waals surface area contributed by atoms with Crippen LogP contribution in [0.3, 0.4) is 0 Å². The van der Waals surface area contributed by atoms with Crippen molar-refractivity contribution in [2.75, 3.05) is 6.54 Å². The minimum Gasteiger partial charge on any atom is -0.480 e. The van der Waals surface area contributed by atoms with Crippen LogP contribution in [0.25, 0.3) is 0 Å². The van der Waals surface area contributed by atoms with Gasteiger partial charge in [0.05, 0.1) is 6.04 Å². The Labute approximate surface area is 128 Å². The van der Waals surface area contributed by atoms with Crippen LogP contribution in [0.2, 0.25) is 0 Å². The quantitative estimate of drug-likeness (QED) is 0.936. The second-order valence-corrected chi connectivity index (χ2v) is 6.33. The summed E-state index contributed by atoms with van der Waals surface area (Å²) in [5.74, 6) is -0.707. The molecule has 2 atom stereocenters. The molecule has 4 heteroatoms. The lowest BCUT2D eigenvalue weighted by Gasteiger charge is -2.32. The Morgan fingerprint density at radius 1 is 1.38 bits per heavy atom. The summed E-state index contributed by atoms with van der Waals surface area (Å²) >= 11 is 1.66. The summed E-state index contributed by atoms with van der Waals surface area (Å²) in [6.45, 7) is 2.94. The van der Waals surface area contributed by atoms with Crippen molar-refractivity contribution in [2.45, 2.75) is 31.8 Å². The number of carbonyl (C=O) groups is 1. The van der Waals surface area contributed by atoms with E-state index in [9.17, 15) is 9.90 Å². The highest BCUT2D eigenvalue weighted by atomic mass is 32.1. The van der Waals surface area contributed by atoms with Gasteiger partial charge >= 0.3 is 5.97 Å². The average molecular weight is 301 g/mol. The van der Waals surface area contributed by atoms with Gasteiger partial charge in [-0.2, -0.15) is 11.3 Å². The van der Waals surface area contributed by atoms with Gasteiger partial charge in [-0.05, 0) is 53.3 Å². The number of rotatable bonds is 4. The molecule has 0 bridgehead atoms. The van der Waals surface area contributed by atoms with Crippen molar-refractivity contribution < 1.29 is 9.90 Å². The number of nitrogens with zero attached hydrogens (tertiary/aromatic N) is 1. The monoisotopic (exact) mass is 301 g/mol. The van der Waals surface area contributed by atoms with Crippen LogP contribution < -0.4 is 0 Å². The van der Waals surface area contributed by atoms with Crippen molar-refractivity contribution in [3.05, 3.63) is 57.8 Å². The third-order valence-corrected chi connectivity index (χ3v) is 4.95. The van der Waals surface area contributed by atoms with E-state index in [-0.39, 0.29) is 12.1 Å². The minimum atomic E-state index is -0.707. The first-order valence-corrected chi connectivity index (χ1v) is 8.19. The summed E-state index contributed by atoms with van der Waals surface area (Å²) in [5, 5.41) is 13.7. The number of thiophene rings is 1. The van der Waals surface area contributed by atoms with Crippen LogP contribution in [-0.4, -0.2) is 28.6 Å². The number of hydrogen-bond acceptors (Lipinski definition) is 3. The van der Waals surface area contributed by atoms with Gasteiger partial charge in [-0.3, -0.25) is 9.69 Å². The molecule has 1 aromatic heterocycles. The van der Waals surface area contributed by atoms with Crippen LogP contribution in [0.15, 0.2) is 41.1 Å². The molecule has 21 heavy (non-hydrogen) atoms. The van der Waals surface area contributed by atoms with Crippen LogP contribution in [0.1, 0.15) is 35.6 Å². The van der Waals surface area contributed by atoms with Gasteiger partial charge in [-0.25, -0.2) is 0 Å². The van der Waals surface area contributed by atoms with Crippen LogP contribution >= 0.6 is 11.3 Å². The Morgan fingerprint density at radius 3 is 2.86 bits per heavy atom. The Balaban J connectivity index is 2.05. The van der Waals surface area contributed by atoms with Crippen molar-refractivity contribution in [1.82, 2.24) is 4.90 Å². The fourth-order valence-electron chi connectivity index (χ4n) is 3.24. The lowest BCUT2D eigenvalue weighted by molar-refractivity contribution is -0.142. The highest BCUT2D eigenvalue weighted by molar-refractivity contribution is 7.08. The molecular formula is C17H19NO2S. The van der Waals surface area contributed by atoms with Gasteiger partial charge in [0.15, 0.2) is 0 Å². The third-order valence-electron chi connectivity index (χ3n) is 4.25. The highest BCUT2D eigenvalue weighted by Crippen LogP contribution is 2.36. The summed E-state index contributed by atoms with van der Waals surface area (Å²) < 4.78 is 0. The molecule has 1 aromatic carbocycles. The zero-order valence-electron chi connectivity index (χ0n) is 12.0. The molecule has 2 aromatic rings. The van der Waals surface area contributed by atoms with Gasteiger partial charge in [-0.15, -0.1) is 0 Å². The van der Waals surface area contributed by atoms with Crippen LogP contribution in [0.4, 0.5) is 0 Å². The van der Waals surface area contributed by atoms with E-state index in [1.54, 1.807) is 11.3 Å². The standard InChI is InChI=1S/C17H19NO2S/c1-12-5-2-3-6-14(12)16(13-8-10-21-11-13)18-9-4-7-15(18)17(19)20/h2-3,5-6,8,10-11,15-16H,4,7,9H2,1H3,(H,19,20). The number of carboxylic acids is 1. The molecule has 1 N–H and O–H groups in total. The molecule has 3 nitrogen and oxygen atoms in total. The van der Waals surface area contributed by atoms with Gasteiger partial charge in [0.1, 0.15) is 6.04 Å². The molecule has 0 aliphatic carbocycles. The number of hydrogen-bond donors (Lipinski definition) is 1. The van der Waals surface area contributed by atoms with E-state index in [1.165, 1.54) is 16.7 Å². The smallest absolute Gasteiger partial charge is 0.320 e. The molecule has 3 rings (SSSR count). The molecule has 2 heterocycles. The molecule has 1 saturated heterocycles. The molecule has 1 aliphatic heterocycles. The van der Waals surface area contributed by atoms with E-state index in [4.69, 9.17) is 0 Å². The van der Waals surface area contributed by atoms with E-state index >= 15 is 0 Å². The molecule has 0 spiro atoms. The first kappa shape index (κ1) is 14.3. The molecule has 1 aliphatic rings. The summed E-state index contributed by atoms with van der Waals surface area (Å²) in [4.78, 5) is 13.7. The van der Waals surface area contributed by atoms with E-state index in [2.05, 4.69) is 40.8 Å². The predicted octanol–water partition coefficient (Wildman–Crippen LogP) is 3.69. The first-order chi connectivity index (χ1) is 10.2. The number of aryl methyl sites for hydroxylation is 1. The maximum atomic E-state index is 11.6. The van der Waals surface area contributed by atoms with E-state index in [0.717, 1.165) is 19.4 Å². The summed E-state index contributed by atoms with van der Waals surface area (Å²) in [5.41, 5.74) is 3.62. The molecule has 110 valence electrons. The normalized spacial score (nSPS) is 20.5. The lowest BCUT2D eigenvalue weighted by Crippen LogP contribution is -2.39. The van der Waals surface area contributed by atoms with Crippen molar-refractivity contribution >= 4 is 17.3 Å². The zero-order valence-corrected chi connectivity index (χ0v) is 12.8. The van der Waals surface area contributed by atoms with Crippen LogP contribution in [-0.2, 0) is 4.79 Å². The summed E-state index contributed by atoms with van der Waals surface area (Å²) in [6, 6.07) is 10.1. The first-order valence-electron chi connectivity index (χ1n) is 7.24. The number of carboxylic acid groups (broad SMARTS) is 1. The summed E-state index contributed by atoms with van der Waals surface area (Å²) in [6.07, 6.45) is 1.69. The van der Waals surface area contributed by atoms with Crippen LogP contribution in [0, 0.1) is 6.92 Å². The van der Waals surface area contributed by atoms with E-state index in [0.29, 0.717) is 0 Å². The topological polar surface area (TPSA) is 40.5 Å². The minimum absolute atomic E-state index is 0.0426. The Bertz CT molecular complexity index is 623.